The molecule has 0 unspecified atom stereocenters. The van der Waals surface area contributed by atoms with Crippen LogP contribution in [-0.2, 0) is 15.7 Å². The molecule has 1 aliphatic rings. The summed E-state index contributed by atoms with van der Waals surface area (Å²) in [5, 5.41) is 0.675. The van der Waals surface area contributed by atoms with E-state index in [2.05, 4.69) is 4.99 Å². The number of benzene rings is 2. The summed E-state index contributed by atoms with van der Waals surface area (Å²) in [7, 11) is 0. The molecule has 128 valence electrons. The van der Waals surface area contributed by atoms with Gasteiger partial charge in [-0.1, -0.05) is 35.3 Å². The number of ether oxygens (including phenoxy) is 1. The third-order valence-electron chi connectivity index (χ3n) is 3.32. The molecule has 0 spiro atoms. The highest BCUT2D eigenvalue weighted by Crippen LogP contribution is 2.30. The number of halogens is 5. The van der Waals surface area contributed by atoms with Gasteiger partial charge in [-0.05, 0) is 42.0 Å². The minimum atomic E-state index is -4.42. The summed E-state index contributed by atoms with van der Waals surface area (Å²) >= 11 is 11.9. The Balaban J connectivity index is 1.90. The van der Waals surface area contributed by atoms with Crippen LogP contribution in [0.2, 0.25) is 10.0 Å². The Hall–Kier alpha value is -2.31. The van der Waals surface area contributed by atoms with Crippen molar-refractivity contribution < 1.29 is 22.7 Å². The highest BCUT2D eigenvalue weighted by molar-refractivity contribution is 6.37. The van der Waals surface area contributed by atoms with Crippen molar-refractivity contribution in [2.45, 2.75) is 6.18 Å². The largest absolute Gasteiger partial charge is 0.416 e. The first-order chi connectivity index (χ1) is 11.7. The Labute approximate surface area is 150 Å². The van der Waals surface area contributed by atoms with Crippen molar-refractivity contribution in [1.29, 1.82) is 0 Å². The second-order valence-electron chi connectivity index (χ2n) is 5.08. The van der Waals surface area contributed by atoms with Gasteiger partial charge in [-0.15, -0.1) is 0 Å². The Morgan fingerprint density at radius 3 is 2.32 bits per heavy atom. The molecule has 3 rings (SSSR count). The number of cyclic esters (lactones) is 1. The Bertz CT molecular complexity index is 903. The minimum Gasteiger partial charge on any atom is -0.402 e. The third kappa shape index (κ3) is 3.86. The van der Waals surface area contributed by atoms with Crippen molar-refractivity contribution in [3.05, 3.63) is 74.9 Å². The van der Waals surface area contributed by atoms with E-state index in [0.29, 0.717) is 16.1 Å². The molecule has 1 aliphatic heterocycles. The Morgan fingerprint density at radius 2 is 1.72 bits per heavy atom. The van der Waals surface area contributed by atoms with Crippen LogP contribution < -0.4 is 0 Å². The van der Waals surface area contributed by atoms with Crippen LogP contribution in [-0.4, -0.2) is 11.9 Å². The number of alkyl halides is 3. The van der Waals surface area contributed by atoms with Crippen molar-refractivity contribution in [1.82, 2.24) is 0 Å². The van der Waals surface area contributed by atoms with E-state index >= 15 is 0 Å². The van der Waals surface area contributed by atoms with Gasteiger partial charge in [0.25, 0.3) is 0 Å². The van der Waals surface area contributed by atoms with Crippen molar-refractivity contribution in [3.8, 4) is 0 Å². The number of carbonyl (C=O) groups excluding carboxylic acids is 1. The average Bonchev–Trinajstić information content (AvgIpc) is 2.87. The summed E-state index contributed by atoms with van der Waals surface area (Å²) in [5.74, 6) is -0.717. The smallest absolute Gasteiger partial charge is 0.402 e. The zero-order valence-corrected chi connectivity index (χ0v) is 13.8. The lowest BCUT2D eigenvalue weighted by Gasteiger charge is -2.05. The quantitative estimate of drug-likeness (QED) is 0.515. The van der Waals surface area contributed by atoms with Gasteiger partial charge in [-0.2, -0.15) is 13.2 Å². The second kappa shape index (κ2) is 6.54. The standard InChI is InChI=1S/C17H8Cl2F3NO2/c18-11-5-6-12(13(19)8-11)15-23-14(16(24)25-15)7-9-1-3-10(4-2-9)17(20,21)22/h1-8H/b14-7-. The fourth-order valence-corrected chi connectivity index (χ4v) is 2.60. The molecule has 8 heteroatoms. The normalized spacial score (nSPS) is 16.1. The van der Waals surface area contributed by atoms with E-state index < -0.39 is 17.7 Å². The highest BCUT2D eigenvalue weighted by Gasteiger charge is 2.30. The monoisotopic (exact) mass is 385 g/mol. The average molecular weight is 386 g/mol. The first kappa shape index (κ1) is 17.5. The van der Waals surface area contributed by atoms with Gasteiger partial charge < -0.3 is 4.74 Å². The minimum absolute atomic E-state index is 0.00447. The van der Waals surface area contributed by atoms with Crippen LogP contribution in [0.1, 0.15) is 16.7 Å². The van der Waals surface area contributed by atoms with Crippen LogP contribution in [0.25, 0.3) is 6.08 Å². The van der Waals surface area contributed by atoms with Crippen molar-refractivity contribution >= 4 is 41.1 Å². The van der Waals surface area contributed by atoms with Gasteiger partial charge in [0.1, 0.15) is 0 Å². The van der Waals surface area contributed by atoms with Gasteiger partial charge in [0.2, 0.25) is 5.90 Å². The van der Waals surface area contributed by atoms with Gasteiger partial charge in [0.15, 0.2) is 5.70 Å². The van der Waals surface area contributed by atoms with Gasteiger partial charge in [-0.3, -0.25) is 0 Å². The number of hydrogen-bond donors (Lipinski definition) is 0. The van der Waals surface area contributed by atoms with Crippen molar-refractivity contribution in [2.24, 2.45) is 4.99 Å². The molecular formula is C17H8Cl2F3NO2. The highest BCUT2D eigenvalue weighted by atomic mass is 35.5. The molecule has 0 atom stereocenters. The molecule has 2 aromatic carbocycles. The summed E-state index contributed by atoms with van der Waals surface area (Å²) in [4.78, 5) is 16.0. The number of carbonyl (C=O) groups is 1. The molecule has 1 heterocycles. The molecule has 0 radical (unpaired) electrons. The molecule has 0 amide bonds. The van der Waals surface area contributed by atoms with Crippen LogP contribution in [0.3, 0.4) is 0 Å². The number of esters is 1. The molecule has 0 saturated carbocycles. The van der Waals surface area contributed by atoms with Crippen LogP contribution in [0.15, 0.2) is 53.2 Å². The van der Waals surface area contributed by atoms with E-state index in [9.17, 15) is 18.0 Å². The van der Waals surface area contributed by atoms with Crippen LogP contribution in [0, 0.1) is 0 Å². The molecular weight excluding hydrogens is 378 g/mol. The van der Waals surface area contributed by atoms with E-state index in [1.807, 2.05) is 0 Å². The van der Waals surface area contributed by atoms with E-state index in [-0.39, 0.29) is 16.6 Å². The fourth-order valence-electron chi connectivity index (χ4n) is 2.11. The number of nitrogens with zero attached hydrogens (tertiary/aromatic N) is 1. The summed E-state index contributed by atoms with van der Waals surface area (Å²) in [6, 6.07) is 8.93. The maximum Gasteiger partial charge on any atom is 0.416 e. The lowest BCUT2D eigenvalue weighted by molar-refractivity contribution is -0.137. The molecule has 0 bridgehead atoms. The Morgan fingerprint density at radius 1 is 1.04 bits per heavy atom. The Kier molecular flexibility index (Phi) is 4.58. The predicted octanol–water partition coefficient (Wildman–Crippen LogP) is 5.36. The fraction of sp³-hybridized carbons (Fsp3) is 0.0588. The lowest BCUT2D eigenvalue weighted by Crippen LogP contribution is -2.06. The lowest BCUT2D eigenvalue weighted by atomic mass is 10.1. The zero-order valence-electron chi connectivity index (χ0n) is 12.3. The summed E-state index contributed by atoms with van der Waals surface area (Å²) in [5.41, 5.74) is -0.0519. The predicted molar refractivity (Wildman–Crippen MR) is 88.5 cm³/mol. The second-order valence-corrected chi connectivity index (χ2v) is 5.92. The van der Waals surface area contributed by atoms with E-state index in [1.165, 1.54) is 24.3 Å². The maximum atomic E-state index is 12.6. The number of aliphatic imine (C=N–C) groups is 1. The van der Waals surface area contributed by atoms with Crippen LogP contribution >= 0.6 is 23.2 Å². The summed E-state index contributed by atoms with van der Waals surface area (Å²) < 4.78 is 42.7. The molecule has 3 nitrogen and oxygen atoms in total. The van der Waals surface area contributed by atoms with Gasteiger partial charge in [0.05, 0.1) is 16.1 Å². The van der Waals surface area contributed by atoms with Gasteiger partial charge >= 0.3 is 12.1 Å². The molecule has 2 aromatic rings. The van der Waals surface area contributed by atoms with E-state index in [1.54, 1.807) is 12.1 Å². The van der Waals surface area contributed by atoms with Crippen LogP contribution in [0.4, 0.5) is 13.2 Å². The van der Waals surface area contributed by atoms with E-state index in [4.69, 9.17) is 27.9 Å². The molecule has 0 aromatic heterocycles. The molecule has 0 saturated heterocycles. The maximum absolute atomic E-state index is 12.6. The first-order valence-corrected chi connectivity index (χ1v) is 7.65. The molecule has 0 N–H and O–H groups in total. The van der Waals surface area contributed by atoms with Crippen molar-refractivity contribution in [2.75, 3.05) is 0 Å². The number of rotatable bonds is 2. The molecule has 0 fully saturated rings. The summed E-state index contributed by atoms with van der Waals surface area (Å²) in [6.07, 6.45) is -3.09. The molecule has 0 aliphatic carbocycles. The molecule has 25 heavy (non-hydrogen) atoms. The zero-order chi connectivity index (χ0) is 18.2. The van der Waals surface area contributed by atoms with Gasteiger partial charge in [0, 0.05) is 5.02 Å². The van der Waals surface area contributed by atoms with Crippen LogP contribution in [0.5, 0.6) is 0 Å². The van der Waals surface area contributed by atoms with E-state index in [0.717, 1.165) is 12.1 Å². The number of hydrogen-bond acceptors (Lipinski definition) is 3. The van der Waals surface area contributed by atoms with Gasteiger partial charge in [-0.25, -0.2) is 9.79 Å². The first-order valence-electron chi connectivity index (χ1n) is 6.89. The van der Waals surface area contributed by atoms with Crippen molar-refractivity contribution in [3.63, 3.8) is 0 Å². The SMILES string of the molecule is O=C1OC(c2ccc(Cl)cc2Cl)=N/C1=C\c1ccc(C(F)(F)F)cc1. The topological polar surface area (TPSA) is 38.7 Å². The third-order valence-corrected chi connectivity index (χ3v) is 3.87. The summed E-state index contributed by atoms with van der Waals surface area (Å²) in [6.45, 7) is 0.